The zero-order chi connectivity index (χ0) is 40.8. The summed E-state index contributed by atoms with van der Waals surface area (Å²) in [7, 11) is -4.25. The number of hydrogen-bond donors (Lipinski definition) is 1. The van der Waals surface area contributed by atoms with Gasteiger partial charge in [0.2, 0.25) is 31.9 Å². The Hall–Kier alpha value is 0.0500. The minimum absolute atomic E-state index is 0.0118. The van der Waals surface area contributed by atoms with Crippen LogP contribution >= 0.6 is 90.4 Å². The van der Waals surface area contributed by atoms with Crippen molar-refractivity contribution in [3.63, 3.8) is 0 Å². The Morgan fingerprint density at radius 1 is 0.698 bits per heavy atom. The Labute approximate surface area is 372 Å². The van der Waals surface area contributed by atoms with Gasteiger partial charge in [0.25, 0.3) is 0 Å². The van der Waals surface area contributed by atoms with Crippen molar-refractivity contribution in [2.45, 2.75) is 51.5 Å². The van der Waals surface area contributed by atoms with Gasteiger partial charge in [-0.2, -0.15) is 0 Å². The van der Waals surface area contributed by atoms with Crippen molar-refractivity contribution in [2.24, 2.45) is 0 Å². The van der Waals surface area contributed by atoms with E-state index >= 15 is 0 Å². The van der Waals surface area contributed by atoms with Gasteiger partial charge in [-0.15, -0.1) is 0 Å². The third-order valence-electron chi connectivity index (χ3n) is 7.23. The standard InChI is InChI=1S/C16H19BrFN3O2S.C16H20FN3O3S.I3.I2/c1-10(2)14-13(9-17)15(11-5-7-12(18)8-6-11)20-16(19-14)21(3)24(4,22)23;1-10(2)14-13(9-21)15(11-5-7-12(17)8-6-11)19-16(18-14)20(3)24(4,22)23;1-3-2;1-2/h5-8,10H,9H2,1-4H3;5-8,10,21H,9H2,1-4H3;;/q;;-1;. The normalized spacial score (nSPS) is 11.2. The van der Waals surface area contributed by atoms with Crippen molar-refractivity contribution in [2.75, 3.05) is 35.2 Å². The molecule has 0 saturated carbocycles. The summed E-state index contributed by atoms with van der Waals surface area (Å²) in [4.78, 5) is 17.5. The first-order chi connectivity index (χ1) is 24.7. The van der Waals surface area contributed by atoms with Crippen LogP contribution in [0.2, 0.25) is 0 Å². The van der Waals surface area contributed by atoms with E-state index in [1.165, 1.54) is 50.5 Å². The molecule has 0 fully saturated rings. The third kappa shape index (κ3) is 15.4. The molecule has 0 radical (unpaired) electrons. The van der Waals surface area contributed by atoms with Gasteiger partial charge in [0.05, 0.1) is 41.9 Å². The van der Waals surface area contributed by atoms with Crippen molar-refractivity contribution in [3.8, 4) is 22.5 Å². The summed E-state index contributed by atoms with van der Waals surface area (Å²) in [5.74, 6) is -0.600. The number of anilines is 2. The van der Waals surface area contributed by atoms with E-state index < -0.39 is 25.9 Å². The number of halogens is 8. The number of sulfonamides is 2. The van der Waals surface area contributed by atoms with Crippen LogP contribution in [0.3, 0.4) is 0 Å². The second-order valence-electron chi connectivity index (χ2n) is 11.6. The Kier molecular flexibility index (Phi) is 23.2. The fraction of sp³-hybridized carbons (Fsp3) is 0.375. The predicted molar refractivity (Wildman–Crippen MR) is 244 cm³/mol. The number of nitrogens with zero attached hydrogens (tertiary/aromatic N) is 6. The van der Waals surface area contributed by atoms with E-state index in [-0.39, 0.29) is 36.2 Å². The fourth-order valence-corrected chi connectivity index (χ4v) is 5.80. The molecule has 0 spiro atoms. The molecule has 21 heteroatoms. The van der Waals surface area contributed by atoms with Crippen molar-refractivity contribution in [3.05, 3.63) is 82.7 Å². The van der Waals surface area contributed by atoms with Crippen LogP contribution < -0.4 is 21.9 Å². The van der Waals surface area contributed by atoms with E-state index in [4.69, 9.17) is 0 Å². The van der Waals surface area contributed by atoms with Gasteiger partial charge in [0.1, 0.15) is 11.6 Å². The van der Waals surface area contributed by atoms with E-state index in [2.05, 4.69) is 110 Å². The summed E-state index contributed by atoms with van der Waals surface area (Å²) in [6.07, 6.45) is 2.16. The van der Waals surface area contributed by atoms with Crippen LogP contribution in [0.4, 0.5) is 20.7 Å². The summed E-state index contributed by atoms with van der Waals surface area (Å²) < 4.78 is 75.7. The monoisotopic (exact) mass is 1400 g/mol. The quantitative estimate of drug-likeness (QED) is 0.138. The molecule has 2 aromatic heterocycles. The van der Waals surface area contributed by atoms with Crippen LogP contribution in [-0.4, -0.2) is 68.5 Å². The first-order valence-corrected chi connectivity index (χ1v) is 38.8. The molecule has 0 aliphatic rings. The van der Waals surface area contributed by atoms with Gasteiger partial charge in [0, 0.05) is 78.9 Å². The molecule has 2 heterocycles. The van der Waals surface area contributed by atoms with E-state index in [9.17, 15) is 30.7 Å². The first kappa shape index (κ1) is 51.1. The topological polar surface area (TPSA) is 147 Å². The minimum atomic E-state index is -3.54. The molecule has 0 aliphatic heterocycles. The molecule has 0 amide bonds. The number of hydrogen-bond acceptors (Lipinski definition) is 9. The number of aliphatic hydroxyl groups is 1. The van der Waals surface area contributed by atoms with E-state index in [1.807, 2.05) is 27.7 Å². The van der Waals surface area contributed by atoms with Crippen LogP contribution in [0.15, 0.2) is 48.5 Å². The third-order valence-corrected chi connectivity index (χ3v) is 10.1. The molecule has 2 aromatic carbocycles. The van der Waals surface area contributed by atoms with Crippen molar-refractivity contribution >= 4 is 122 Å². The Morgan fingerprint density at radius 3 is 1.26 bits per heavy atom. The van der Waals surface area contributed by atoms with E-state index in [1.54, 1.807) is 12.1 Å². The second kappa shape index (κ2) is 24.1. The maximum atomic E-state index is 13.2. The molecule has 0 aliphatic carbocycles. The Morgan fingerprint density at radius 2 is 1.00 bits per heavy atom. The Balaban J connectivity index is 0.000000473. The molecule has 0 saturated heterocycles. The van der Waals surface area contributed by atoms with Gasteiger partial charge in [0.15, 0.2) is 0 Å². The van der Waals surface area contributed by atoms with Crippen LogP contribution in [0.1, 0.15) is 62.0 Å². The molecule has 1 N–H and O–H groups in total. The van der Waals surface area contributed by atoms with E-state index in [0.29, 0.717) is 52.4 Å². The zero-order valence-corrected chi connectivity index (χ0v) is 43.8. The molecule has 4 aromatic rings. The average Bonchev–Trinajstić information content (AvgIpc) is 3.11. The SMILES string of the molecule is CC(C)c1nc(N(C)S(C)(=O)=O)nc(-c2ccc(F)cc2)c1CBr.CC(C)c1nc(N(C)S(C)(=O)=O)nc(-c2ccc(F)cc2)c1CO.II.I[I-]I. The van der Waals surface area contributed by atoms with Gasteiger partial charge < -0.3 is 5.11 Å². The van der Waals surface area contributed by atoms with Gasteiger partial charge in [-0.3, -0.25) is 0 Å². The summed E-state index contributed by atoms with van der Waals surface area (Å²) >= 11 is 13.0. The molecule has 53 heavy (non-hydrogen) atoms. The predicted octanol–water partition coefficient (Wildman–Crippen LogP) is 6.54. The molecule has 4 rings (SSSR count). The zero-order valence-electron chi connectivity index (χ0n) is 29.8. The van der Waals surface area contributed by atoms with Crippen LogP contribution in [-0.2, 0) is 32.0 Å². The number of rotatable bonds is 10. The molecular weight excluding hydrogens is 1360 g/mol. The van der Waals surface area contributed by atoms with Crippen LogP contribution in [0.25, 0.3) is 22.5 Å². The summed E-state index contributed by atoms with van der Waals surface area (Å²) in [6, 6.07) is 11.6. The van der Waals surface area contributed by atoms with Crippen LogP contribution in [0.5, 0.6) is 0 Å². The van der Waals surface area contributed by atoms with Crippen molar-refractivity contribution in [1.29, 1.82) is 0 Å². The van der Waals surface area contributed by atoms with Crippen LogP contribution in [0, 0.1) is 11.6 Å². The Bertz CT molecular complexity index is 1860. The summed E-state index contributed by atoms with van der Waals surface area (Å²) in [6.45, 7) is 7.43. The van der Waals surface area contributed by atoms with Gasteiger partial charge in [-0.05, 0) is 60.4 Å². The average molecular weight is 1400 g/mol. The number of benzene rings is 2. The van der Waals surface area contributed by atoms with E-state index in [0.717, 1.165) is 32.4 Å². The summed E-state index contributed by atoms with van der Waals surface area (Å²) in [5.41, 5.74) is 4.94. The van der Waals surface area contributed by atoms with Gasteiger partial charge >= 0.3 is 50.5 Å². The molecule has 0 unspecified atom stereocenters. The van der Waals surface area contributed by atoms with Gasteiger partial charge in [-0.25, -0.2) is 54.2 Å². The molecular formula is C32H39BrF2I5N6O5S2-. The first-order valence-electron chi connectivity index (χ1n) is 15.1. The summed E-state index contributed by atoms with van der Waals surface area (Å²) in [5, 5.41) is 10.3. The molecule has 296 valence electrons. The maximum absolute atomic E-state index is 13.2. The van der Waals surface area contributed by atoms with Crippen molar-refractivity contribution < 1.29 is 44.0 Å². The molecule has 11 nitrogen and oxygen atoms in total. The molecule has 0 bridgehead atoms. The fourth-order valence-electron chi connectivity index (χ4n) is 4.49. The van der Waals surface area contributed by atoms with Gasteiger partial charge in [-0.1, -0.05) is 43.6 Å². The second-order valence-corrected chi connectivity index (χ2v) is 32.4. The number of alkyl halides is 1. The van der Waals surface area contributed by atoms with Crippen molar-refractivity contribution in [1.82, 2.24) is 19.9 Å². The number of aliphatic hydroxyl groups excluding tert-OH is 1. The number of aromatic nitrogens is 4. The molecule has 0 atom stereocenters.